The van der Waals surface area contributed by atoms with Crippen molar-refractivity contribution < 1.29 is 23.8 Å². The summed E-state index contributed by atoms with van der Waals surface area (Å²) >= 11 is 0. The Kier molecular flexibility index (Phi) is 7.12. The van der Waals surface area contributed by atoms with E-state index in [1.165, 1.54) is 25.0 Å². The SMILES string of the molecule is C#Cc1ccccc1-c1nc(CCOc2ccc(OC(C)(C)C(=O)O)cc2)c(C)o1.c1cc2cc-2c1. The number of rotatable bonds is 8. The van der Waals surface area contributed by atoms with Crippen LogP contribution in [0.25, 0.3) is 22.6 Å². The zero-order valence-electron chi connectivity index (χ0n) is 20.4. The van der Waals surface area contributed by atoms with Gasteiger partial charge >= 0.3 is 5.97 Å². The molecule has 0 radical (unpaired) electrons. The number of aliphatic carboxylic acids is 1. The van der Waals surface area contributed by atoms with Gasteiger partial charge < -0.3 is 19.0 Å². The molecule has 5 rings (SSSR count). The Bertz CT molecular complexity index is 1390. The van der Waals surface area contributed by atoms with Crippen LogP contribution < -0.4 is 9.47 Å². The van der Waals surface area contributed by atoms with Crippen molar-refractivity contribution in [2.24, 2.45) is 0 Å². The topological polar surface area (TPSA) is 81.8 Å². The third kappa shape index (κ3) is 5.94. The number of carboxylic acid groups (broad SMARTS) is 1. The van der Waals surface area contributed by atoms with Gasteiger partial charge in [0.2, 0.25) is 5.89 Å². The molecule has 1 aromatic heterocycles. The van der Waals surface area contributed by atoms with E-state index in [1.54, 1.807) is 24.3 Å². The third-order valence-electron chi connectivity index (χ3n) is 5.64. The molecule has 6 nitrogen and oxygen atoms in total. The summed E-state index contributed by atoms with van der Waals surface area (Å²) in [6.07, 6.45) is 6.13. The Morgan fingerprint density at radius 1 is 1.03 bits per heavy atom. The molecule has 36 heavy (non-hydrogen) atoms. The van der Waals surface area contributed by atoms with Crippen LogP contribution in [0.1, 0.15) is 30.9 Å². The van der Waals surface area contributed by atoms with Gasteiger partial charge in [0.05, 0.1) is 17.9 Å². The molecule has 3 aromatic rings. The molecule has 1 N–H and O–H groups in total. The fourth-order valence-corrected chi connectivity index (χ4v) is 3.45. The summed E-state index contributed by atoms with van der Waals surface area (Å²) in [5.41, 5.74) is 3.87. The molecule has 182 valence electrons. The van der Waals surface area contributed by atoms with Crippen molar-refractivity contribution in [3.63, 3.8) is 0 Å². The monoisotopic (exact) mass is 481 g/mol. The molecule has 2 aromatic carbocycles. The van der Waals surface area contributed by atoms with Gasteiger partial charge in [-0.25, -0.2) is 9.78 Å². The number of benzene rings is 3. The second-order valence-corrected chi connectivity index (χ2v) is 8.78. The Hall–Kier alpha value is -4.50. The molecule has 0 bridgehead atoms. The molecule has 0 fully saturated rings. The molecule has 0 aliphatic heterocycles. The number of terminal acetylenes is 1. The van der Waals surface area contributed by atoms with Crippen LogP contribution in [0.3, 0.4) is 0 Å². The van der Waals surface area contributed by atoms with Crippen molar-refractivity contribution in [2.45, 2.75) is 32.8 Å². The highest BCUT2D eigenvalue weighted by molar-refractivity contribution is 5.80. The number of nitrogens with zero attached hydrogens (tertiary/aromatic N) is 1. The highest BCUT2D eigenvalue weighted by Gasteiger charge is 2.29. The Morgan fingerprint density at radius 2 is 1.69 bits per heavy atom. The number of ether oxygens (including phenoxy) is 2. The molecule has 0 saturated heterocycles. The summed E-state index contributed by atoms with van der Waals surface area (Å²) in [5.74, 6) is 3.94. The van der Waals surface area contributed by atoms with E-state index in [4.69, 9.17) is 25.4 Å². The van der Waals surface area contributed by atoms with Crippen LogP contribution in [0.2, 0.25) is 0 Å². The minimum absolute atomic E-state index is 0.407. The fourth-order valence-electron chi connectivity index (χ4n) is 3.45. The van der Waals surface area contributed by atoms with Crippen molar-refractivity contribution in [2.75, 3.05) is 6.61 Å². The van der Waals surface area contributed by atoms with Crippen LogP contribution in [0, 0.1) is 19.3 Å². The predicted molar refractivity (Wildman–Crippen MR) is 138 cm³/mol. The van der Waals surface area contributed by atoms with Gasteiger partial charge in [0.25, 0.3) is 0 Å². The van der Waals surface area contributed by atoms with E-state index in [1.807, 2.05) is 31.2 Å². The lowest BCUT2D eigenvalue weighted by molar-refractivity contribution is -0.152. The normalized spacial score (nSPS) is 11.1. The number of carbonyl (C=O) groups is 1. The van der Waals surface area contributed by atoms with Crippen molar-refractivity contribution >= 4 is 5.97 Å². The molecule has 0 unspecified atom stereocenters. The molecule has 0 saturated carbocycles. The molecule has 2 aliphatic carbocycles. The van der Waals surface area contributed by atoms with Crippen molar-refractivity contribution in [3.8, 4) is 46.4 Å². The maximum absolute atomic E-state index is 11.2. The zero-order valence-corrected chi connectivity index (χ0v) is 20.4. The van der Waals surface area contributed by atoms with Gasteiger partial charge in [0.15, 0.2) is 5.60 Å². The lowest BCUT2D eigenvalue weighted by atomic mass is 10.1. The molecule has 2 aliphatic rings. The Labute approximate surface area is 210 Å². The second-order valence-electron chi connectivity index (χ2n) is 8.78. The van der Waals surface area contributed by atoms with Crippen LogP contribution in [0.5, 0.6) is 11.5 Å². The van der Waals surface area contributed by atoms with Crippen LogP contribution in [-0.4, -0.2) is 28.3 Å². The summed E-state index contributed by atoms with van der Waals surface area (Å²) in [5, 5.41) is 9.13. The number of aromatic nitrogens is 1. The number of carboxylic acids is 1. The lowest BCUT2D eigenvalue weighted by Crippen LogP contribution is -2.37. The van der Waals surface area contributed by atoms with Crippen LogP contribution >= 0.6 is 0 Å². The maximum atomic E-state index is 11.2. The first-order valence-corrected chi connectivity index (χ1v) is 11.5. The molecular weight excluding hydrogens is 454 g/mol. The van der Waals surface area contributed by atoms with E-state index < -0.39 is 11.6 Å². The summed E-state index contributed by atoms with van der Waals surface area (Å²) in [4.78, 5) is 15.7. The predicted octanol–water partition coefficient (Wildman–Crippen LogP) is 6.16. The van der Waals surface area contributed by atoms with Crippen LogP contribution in [-0.2, 0) is 11.2 Å². The maximum Gasteiger partial charge on any atom is 0.347 e. The standard InChI is InChI=1S/C24H23NO5.C6H4/c1-5-17-8-6-7-9-20(17)22-25-21(16(2)29-22)14-15-28-18-10-12-19(13-11-18)30-24(3,4)23(26)27;1-2-5-4-6(5)3-1/h1,6-13H,14-15H2,2-4H3,(H,26,27);1-4H. The first-order valence-electron chi connectivity index (χ1n) is 11.5. The van der Waals surface area contributed by atoms with E-state index in [0.29, 0.717) is 30.4 Å². The van der Waals surface area contributed by atoms with E-state index >= 15 is 0 Å². The minimum atomic E-state index is -1.30. The van der Waals surface area contributed by atoms with Crippen molar-refractivity contribution in [3.05, 3.63) is 89.8 Å². The summed E-state index contributed by atoms with van der Waals surface area (Å²) in [6.45, 7) is 5.26. The van der Waals surface area contributed by atoms with Gasteiger partial charge in [0, 0.05) is 12.0 Å². The van der Waals surface area contributed by atoms with Gasteiger partial charge in [-0.05, 0) is 74.4 Å². The van der Waals surface area contributed by atoms with E-state index in [0.717, 1.165) is 22.6 Å². The molecule has 0 atom stereocenters. The van der Waals surface area contributed by atoms with Crippen molar-refractivity contribution in [1.29, 1.82) is 0 Å². The number of hydrogen-bond acceptors (Lipinski definition) is 5. The third-order valence-corrected chi connectivity index (χ3v) is 5.64. The summed E-state index contributed by atoms with van der Waals surface area (Å²) in [6, 6.07) is 22.8. The first kappa shape index (κ1) is 24.6. The van der Waals surface area contributed by atoms with Gasteiger partial charge in [0.1, 0.15) is 17.3 Å². The molecular formula is C30H27NO5. The van der Waals surface area contributed by atoms with E-state index in [-0.39, 0.29) is 0 Å². The number of fused-ring (bicyclic) bond motifs is 1. The highest BCUT2D eigenvalue weighted by Crippen LogP contribution is 2.32. The average molecular weight is 482 g/mol. The van der Waals surface area contributed by atoms with Gasteiger partial charge in [-0.1, -0.05) is 36.3 Å². The number of hydrogen-bond donors (Lipinski definition) is 1. The van der Waals surface area contributed by atoms with Crippen LogP contribution in [0.4, 0.5) is 0 Å². The second kappa shape index (κ2) is 10.4. The minimum Gasteiger partial charge on any atom is -0.493 e. The fraction of sp³-hybridized carbons (Fsp3) is 0.200. The van der Waals surface area contributed by atoms with Gasteiger partial charge in [-0.2, -0.15) is 0 Å². The van der Waals surface area contributed by atoms with Crippen LogP contribution in [0.15, 0.2) is 77.2 Å². The summed E-state index contributed by atoms with van der Waals surface area (Å²) in [7, 11) is 0. The highest BCUT2D eigenvalue weighted by atomic mass is 16.5. The average Bonchev–Trinajstić information content (AvgIpc) is 3.28. The van der Waals surface area contributed by atoms with E-state index in [9.17, 15) is 4.79 Å². The zero-order chi connectivity index (χ0) is 25.7. The molecule has 6 heteroatoms. The smallest absolute Gasteiger partial charge is 0.347 e. The molecule has 0 amide bonds. The number of oxazole rings is 1. The molecule has 0 spiro atoms. The first-order chi connectivity index (χ1) is 17.3. The largest absolute Gasteiger partial charge is 0.493 e. The molecule has 1 heterocycles. The van der Waals surface area contributed by atoms with Gasteiger partial charge in [-0.3, -0.25) is 0 Å². The van der Waals surface area contributed by atoms with Gasteiger partial charge in [-0.15, -0.1) is 6.42 Å². The van der Waals surface area contributed by atoms with Crippen molar-refractivity contribution in [1.82, 2.24) is 4.98 Å². The van der Waals surface area contributed by atoms with E-state index in [2.05, 4.69) is 35.2 Å². The Morgan fingerprint density at radius 3 is 2.28 bits per heavy atom. The lowest BCUT2D eigenvalue weighted by Gasteiger charge is -2.21. The quantitative estimate of drug-likeness (QED) is 0.267. The number of aryl methyl sites for hydroxylation is 1. The summed E-state index contributed by atoms with van der Waals surface area (Å²) < 4.78 is 17.1. The Balaban J connectivity index is 0.000000434.